The minimum absolute atomic E-state index is 0.493. The first-order valence-electron chi connectivity index (χ1n) is 7.56. The maximum absolute atomic E-state index is 6.20. The second kappa shape index (κ2) is 5.35. The molecule has 2 unspecified atom stereocenters. The highest BCUT2D eigenvalue weighted by Crippen LogP contribution is 2.39. The lowest BCUT2D eigenvalue weighted by Gasteiger charge is -2.32. The molecule has 0 aliphatic heterocycles. The highest BCUT2D eigenvalue weighted by molar-refractivity contribution is 5.80. The van der Waals surface area contributed by atoms with Crippen LogP contribution in [0.1, 0.15) is 45.1 Å². The summed E-state index contributed by atoms with van der Waals surface area (Å²) in [4.78, 5) is 4.53. The molecule has 1 aliphatic carbocycles. The summed E-state index contributed by atoms with van der Waals surface area (Å²) in [7, 11) is 1.68. The lowest BCUT2D eigenvalue weighted by molar-refractivity contribution is 0.239. The topological polar surface area (TPSA) is 53.1 Å². The maximum atomic E-state index is 6.20. The van der Waals surface area contributed by atoms with E-state index in [1.165, 1.54) is 32.1 Å². The van der Waals surface area contributed by atoms with Crippen molar-refractivity contribution in [3.63, 3.8) is 0 Å². The molecule has 20 heavy (non-hydrogen) atoms. The molecule has 1 heterocycles. The fourth-order valence-corrected chi connectivity index (χ4v) is 3.58. The zero-order chi connectivity index (χ0) is 14.1. The summed E-state index contributed by atoms with van der Waals surface area (Å²) in [5, 5.41) is 0. The van der Waals surface area contributed by atoms with Gasteiger partial charge < -0.3 is 15.0 Å². The van der Waals surface area contributed by atoms with Crippen molar-refractivity contribution < 1.29 is 4.74 Å². The van der Waals surface area contributed by atoms with Crippen LogP contribution in [0.5, 0.6) is 5.75 Å². The van der Waals surface area contributed by atoms with E-state index in [2.05, 4.69) is 22.5 Å². The molecular formula is C16H23N3O. The van der Waals surface area contributed by atoms with Crippen LogP contribution in [0, 0.1) is 5.92 Å². The molecule has 0 spiro atoms. The highest BCUT2D eigenvalue weighted by atomic mass is 16.5. The third-order valence-electron chi connectivity index (χ3n) is 4.65. The zero-order valence-corrected chi connectivity index (χ0v) is 12.3. The number of hydrogen-bond donors (Lipinski definition) is 1. The number of hydrogen-bond acceptors (Lipinski definition) is 3. The Balaban J connectivity index is 2.08. The van der Waals surface area contributed by atoms with Gasteiger partial charge in [-0.15, -0.1) is 0 Å². The third kappa shape index (κ3) is 2.13. The smallest absolute Gasteiger partial charge is 0.201 e. The average Bonchev–Trinajstić information content (AvgIpc) is 2.81. The first kappa shape index (κ1) is 13.3. The molecule has 0 saturated heterocycles. The highest BCUT2D eigenvalue weighted by Gasteiger charge is 2.28. The van der Waals surface area contributed by atoms with E-state index in [0.717, 1.165) is 16.8 Å². The van der Waals surface area contributed by atoms with Crippen molar-refractivity contribution in [2.24, 2.45) is 5.92 Å². The number of benzene rings is 1. The molecule has 1 fully saturated rings. The summed E-state index contributed by atoms with van der Waals surface area (Å²) in [5.74, 6) is 2.18. The Morgan fingerprint density at radius 2 is 2.15 bits per heavy atom. The molecule has 4 heteroatoms. The van der Waals surface area contributed by atoms with Gasteiger partial charge in [0.15, 0.2) is 0 Å². The Morgan fingerprint density at radius 3 is 2.90 bits per heavy atom. The normalized spacial score (nSPS) is 23.1. The van der Waals surface area contributed by atoms with Gasteiger partial charge in [-0.1, -0.05) is 26.2 Å². The fraction of sp³-hybridized carbons (Fsp3) is 0.562. The van der Waals surface area contributed by atoms with Gasteiger partial charge in [0.1, 0.15) is 5.75 Å². The van der Waals surface area contributed by atoms with Gasteiger partial charge in [-0.05, 0) is 30.9 Å². The monoisotopic (exact) mass is 273 g/mol. The molecule has 4 nitrogen and oxygen atoms in total. The quantitative estimate of drug-likeness (QED) is 0.926. The molecule has 3 rings (SSSR count). The van der Waals surface area contributed by atoms with Crippen LogP contribution in [0.15, 0.2) is 18.2 Å². The van der Waals surface area contributed by atoms with Crippen molar-refractivity contribution in [3.05, 3.63) is 18.2 Å². The van der Waals surface area contributed by atoms with Gasteiger partial charge in [-0.2, -0.15) is 0 Å². The Bertz CT molecular complexity index is 605. The molecule has 1 aromatic carbocycles. The second-order valence-electron chi connectivity index (χ2n) is 5.71. The van der Waals surface area contributed by atoms with E-state index in [1.54, 1.807) is 7.11 Å². The van der Waals surface area contributed by atoms with Gasteiger partial charge in [0.2, 0.25) is 5.95 Å². The summed E-state index contributed by atoms with van der Waals surface area (Å²) in [6.45, 7) is 2.28. The van der Waals surface area contributed by atoms with Gasteiger partial charge in [-0.3, -0.25) is 0 Å². The number of fused-ring (bicyclic) bond motifs is 1. The molecule has 2 atom stereocenters. The Labute approximate surface area is 119 Å². The average molecular weight is 273 g/mol. The Kier molecular flexibility index (Phi) is 3.55. The van der Waals surface area contributed by atoms with Crippen LogP contribution in [-0.4, -0.2) is 16.7 Å². The lowest BCUT2D eigenvalue weighted by Crippen LogP contribution is -2.23. The molecule has 2 aromatic rings. The number of nitrogen functional groups attached to an aromatic ring is 1. The van der Waals surface area contributed by atoms with E-state index in [0.29, 0.717) is 17.9 Å². The van der Waals surface area contributed by atoms with Crippen LogP contribution in [0.25, 0.3) is 11.0 Å². The van der Waals surface area contributed by atoms with Crippen molar-refractivity contribution >= 4 is 17.0 Å². The summed E-state index contributed by atoms with van der Waals surface area (Å²) in [6, 6.07) is 6.53. The summed E-state index contributed by atoms with van der Waals surface area (Å²) in [6.07, 6.45) is 6.35. The number of aromatic nitrogens is 2. The van der Waals surface area contributed by atoms with Crippen molar-refractivity contribution in [1.29, 1.82) is 0 Å². The van der Waals surface area contributed by atoms with E-state index < -0.39 is 0 Å². The SMILES string of the molecule is CCC1CCCCC1n1c(N)nc2cc(OC)ccc21. The van der Waals surface area contributed by atoms with Gasteiger partial charge in [0.05, 0.1) is 18.1 Å². The van der Waals surface area contributed by atoms with Gasteiger partial charge in [0.25, 0.3) is 0 Å². The minimum Gasteiger partial charge on any atom is -0.497 e. The first-order valence-corrected chi connectivity index (χ1v) is 7.56. The van der Waals surface area contributed by atoms with Crippen molar-refractivity contribution in [3.8, 4) is 5.75 Å². The summed E-state index contributed by atoms with van der Waals surface area (Å²) >= 11 is 0. The van der Waals surface area contributed by atoms with Crippen LogP contribution in [0.4, 0.5) is 5.95 Å². The van der Waals surface area contributed by atoms with Crippen LogP contribution < -0.4 is 10.5 Å². The number of methoxy groups -OCH3 is 1. The third-order valence-corrected chi connectivity index (χ3v) is 4.65. The molecule has 1 saturated carbocycles. The van der Waals surface area contributed by atoms with E-state index in [4.69, 9.17) is 10.5 Å². The Morgan fingerprint density at radius 1 is 1.35 bits per heavy atom. The molecule has 108 valence electrons. The fourth-order valence-electron chi connectivity index (χ4n) is 3.58. The minimum atomic E-state index is 0.493. The second-order valence-corrected chi connectivity index (χ2v) is 5.71. The number of nitrogens with zero attached hydrogens (tertiary/aromatic N) is 2. The largest absolute Gasteiger partial charge is 0.497 e. The number of anilines is 1. The van der Waals surface area contributed by atoms with Gasteiger partial charge >= 0.3 is 0 Å². The van der Waals surface area contributed by atoms with E-state index in [-0.39, 0.29) is 0 Å². The molecule has 0 amide bonds. The molecular weight excluding hydrogens is 250 g/mol. The van der Waals surface area contributed by atoms with Crippen molar-refractivity contribution in [1.82, 2.24) is 9.55 Å². The first-order chi connectivity index (χ1) is 9.74. The molecule has 1 aromatic heterocycles. The van der Waals surface area contributed by atoms with Gasteiger partial charge in [-0.25, -0.2) is 4.98 Å². The van der Waals surface area contributed by atoms with E-state index in [9.17, 15) is 0 Å². The van der Waals surface area contributed by atoms with Crippen LogP contribution >= 0.6 is 0 Å². The standard InChI is InChI=1S/C16H23N3O/c1-3-11-6-4-5-7-14(11)19-15-9-8-12(20-2)10-13(15)18-16(19)17/h8-11,14H,3-7H2,1-2H3,(H2,17,18). The van der Waals surface area contributed by atoms with E-state index in [1.807, 2.05) is 12.1 Å². The molecule has 0 radical (unpaired) electrons. The number of imidazole rings is 1. The summed E-state index contributed by atoms with van der Waals surface area (Å²) in [5.41, 5.74) is 8.27. The number of nitrogens with two attached hydrogens (primary N) is 1. The van der Waals surface area contributed by atoms with Crippen LogP contribution in [0.3, 0.4) is 0 Å². The Hall–Kier alpha value is -1.71. The molecule has 0 bridgehead atoms. The van der Waals surface area contributed by atoms with Gasteiger partial charge in [0, 0.05) is 12.1 Å². The van der Waals surface area contributed by atoms with Crippen molar-refractivity contribution in [2.45, 2.75) is 45.1 Å². The van der Waals surface area contributed by atoms with Crippen LogP contribution in [0.2, 0.25) is 0 Å². The molecule has 1 aliphatic rings. The van der Waals surface area contributed by atoms with Crippen molar-refractivity contribution in [2.75, 3.05) is 12.8 Å². The molecule has 2 N–H and O–H groups in total. The zero-order valence-electron chi connectivity index (χ0n) is 12.3. The predicted octanol–water partition coefficient (Wildman–Crippen LogP) is 3.77. The van der Waals surface area contributed by atoms with E-state index >= 15 is 0 Å². The number of rotatable bonds is 3. The van der Waals surface area contributed by atoms with Crippen LogP contribution in [-0.2, 0) is 0 Å². The number of ether oxygens (including phenoxy) is 1. The maximum Gasteiger partial charge on any atom is 0.201 e. The lowest BCUT2D eigenvalue weighted by atomic mass is 9.82. The predicted molar refractivity (Wildman–Crippen MR) is 82.0 cm³/mol. The summed E-state index contributed by atoms with van der Waals surface area (Å²) < 4.78 is 7.52.